The Morgan fingerprint density at radius 3 is 2.55 bits per heavy atom. The second kappa shape index (κ2) is 10.5. The summed E-state index contributed by atoms with van der Waals surface area (Å²) in [4.78, 5) is 19.4. The van der Waals surface area contributed by atoms with Crippen LogP contribution in [0.15, 0.2) is 48.3 Å². The van der Waals surface area contributed by atoms with Gasteiger partial charge in [0.05, 0.1) is 11.7 Å². The number of fused-ring (bicyclic) bond motifs is 1. The van der Waals surface area contributed by atoms with E-state index in [0.717, 1.165) is 37.8 Å². The largest absolute Gasteiger partial charge is 0.384 e. The number of benzene rings is 1. The van der Waals surface area contributed by atoms with E-state index < -0.39 is 17.7 Å². The molecule has 0 aliphatic carbocycles. The number of nitrogens with one attached hydrogen (secondary N) is 1. The highest BCUT2D eigenvalue weighted by atomic mass is 19.1. The maximum Gasteiger partial charge on any atom is 0.229 e. The molecule has 2 N–H and O–H groups in total. The first kappa shape index (κ1) is 25.9. The van der Waals surface area contributed by atoms with Gasteiger partial charge < -0.3 is 15.0 Å². The number of hydrogen-bond acceptors (Lipinski definition) is 7. The van der Waals surface area contributed by atoms with Crippen LogP contribution in [0.5, 0.6) is 0 Å². The Morgan fingerprint density at radius 1 is 1.08 bits per heavy atom. The van der Waals surface area contributed by atoms with Crippen molar-refractivity contribution in [2.75, 3.05) is 25.0 Å². The lowest BCUT2D eigenvalue weighted by molar-refractivity contribution is 0.197. The number of rotatable bonds is 7. The minimum atomic E-state index is -0.711. The Hall–Kier alpha value is -3.76. The molecule has 8 nitrogen and oxygen atoms in total. The number of aryl methyl sites for hydroxylation is 1. The summed E-state index contributed by atoms with van der Waals surface area (Å²) >= 11 is 0. The van der Waals surface area contributed by atoms with Gasteiger partial charge in [0.15, 0.2) is 11.6 Å². The van der Waals surface area contributed by atoms with Crippen molar-refractivity contribution in [3.8, 4) is 11.3 Å². The van der Waals surface area contributed by atoms with Crippen LogP contribution >= 0.6 is 0 Å². The molecule has 0 saturated heterocycles. The Labute approximate surface area is 220 Å². The summed E-state index contributed by atoms with van der Waals surface area (Å²) in [5.74, 6) is 0.0162. The van der Waals surface area contributed by atoms with E-state index >= 15 is 0 Å². The molecule has 0 amide bonds. The van der Waals surface area contributed by atoms with Gasteiger partial charge in [0.2, 0.25) is 5.95 Å². The summed E-state index contributed by atoms with van der Waals surface area (Å²) in [6.45, 7) is 10.6. The summed E-state index contributed by atoms with van der Waals surface area (Å²) < 4.78 is 31.7. The fraction of sp³-hybridized carbons (Fsp3) is 0.357. The summed E-state index contributed by atoms with van der Waals surface area (Å²) in [7, 11) is 0. The second-order valence-electron chi connectivity index (χ2n) is 9.77. The second-order valence-corrected chi connectivity index (χ2v) is 9.77. The SMILES string of the molecule is CCN1CC=C(C(O)c2ccc(Nc3ncc(F)c(-c4cc(F)c5nc(C)n(C(C)C)c5c4)n3)nc2)CC1. The van der Waals surface area contributed by atoms with Crippen LogP contribution in [-0.2, 0) is 0 Å². The maximum absolute atomic E-state index is 14.9. The van der Waals surface area contributed by atoms with Gasteiger partial charge in [0.1, 0.15) is 29.0 Å². The molecule has 0 radical (unpaired) electrons. The summed E-state index contributed by atoms with van der Waals surface area (Å²) in [6.07, 6.45) is 4.82. The normalized spacial score (nSPS) is 15.2. The van der Waals surface area contributed by atoms with Crippen molar-refractivity contribution in [2.45, 2.75) is 46.3 Å². The molecule has 4 aromatic rings. The molecule has 0 fully saturated rings. The number of halogens is 2. The molecule has 1 unspecified atom stereocenters. The number of nitrogens with zero attached hydrogens (tertiary/aromatic N) is 6. The van der Waals surface area contributed by atoms with E-state index in [2.05, 4.69) is 43.2 Å². The molecule has 198 valence electrons. The van der Waals surface area contributed by atoms with Crippen molar-refractivity contribution in [3.63, 3.8) is 0 Å². The van der Waals surface area contributed by atoms with E-state index in [1.807, 2.05) is 25.3 Å². The Morgan fingerprint density at radius 2 is 1.89 bits per heavy atom. The molecule has 4 heterocycles. The average Bonchev–Trinajstić information content (AvgIpc) is 3.26. The molecular formula is C28H31F2N7O. The number of anilines is 2. The van der Waals surface area contributed by atoms with Crippen LogP contribution in [0.25, 0.3) is 22.3 Å². The third kappa shape index (κ3) is 5.01. The number of pyridine rings is 1. The van der Waals surface area contributed by atoms with Gasteiger partial charge in [0.25, 0.3) is 0 Å². The average molecular weight is 520 g/mol. The zero-order valence-corrected chi connectivity index (χ0v) is 21.9. The zero-order chi connectivity index (χ0) is 27.0. The van der Waals surface area contributed by atoms with Crippen molar-refractivity contribution in [1.82, 2.24) is 29.4 Å². The quantitative estimate of drug-likeness (QED) is 0.312. The third-order valence-electron chi connectivity index (χ3n) is 6.93. The van der Waals surface area contributed by atoms with Crippen LogP contribution in [0.1, 0.15) is 50.7 Å². The third-order valence-corrected chi connectivity index (χ3v) is 6.93. The molecule has 1 atom stereocenters. The number of hydrogen-bond donors (Lipinski definition) is 2. The Bertz CT molecular complexity index is 1500. The van der Waals surface area contributed by atoms with Gasteiger partial charge in [-0.1, -0.05) is 19.1 Å². The van der Waals surface area contributed by atoms with E-state index in [9.17, 15) is 13.9 Å². The van der Waals surface area contributed by atoms with Crippen LogP contribution in [-0.4, -0.2) is 54.1 Å². The number of likely N-dealkylation sites (N-methyl/N-ethyl adjacent to an activating group) is 1. The van der Waals surface area contributed by atoms with Gasteiger partial charge in [-0.15, -0.1) is 0 Å². The lowest BCUT2D eigenvalue weighted by atomic mass is 9.97. The van der Waals surface area contributed by atoms with Crippen molar-refractivity contribution < 1.29 is 13.9 Å². The van der Waals surface area contributed by atoms with Crippen molar-refractivity contribution in [3.05, 3.63) is 71.3 Å². The first-order valence-electron chi connectivity index (χ1n) is 12.8. The summed E-state index contributed by atoms with van der Waals surface area (Å²) in [6, 6.07) is 6.48. The van der Waals surface area contributed by atoms with E-state index in [1.165, 1.54) is 6.07 Å². The fourth-order valence-corrected chi connectivity index (χ4v) is 4.92. The Kier molecular flexibility index (Phi) is 7.18. The highest BCUT2D eigenvalue weighted by Crippen LogP contribution is 2.31. The lowest BCUT2D eigenvalue weighted by Crippen LogP contribution is -2.29. The van der Waals surface area contributed by atoms with E-state index in [0.29, 0.717) is 22.7 Å². The van der Waals surface area contributed by atoms with Crippen LogP contribution in [0.3, 0.4) is 0 Å². The molecule has 1 aliphatic heterocycles. The molecular weight excluding hydrogens is 488 g/mol. The van der Waals surface area contributed by atoms with Gasteiger partial charge in [-0.3, -0.25) is 4.90 Å². The van der Waals surface area contributed by atoms with Gasteiger partial charge in [-0.25, -0.2) is 28.7 Å². The number of aliphatic hydroxyl groups is 1. The minimum Gasteiger partial charge on any atom is -0.384 e. The molecule has 0 spiro atoms. The van der Waals surface area contributed by atoms with Gasteiger partial charge in [0, 0.05) is 36.5 Å². The van der Waals surface area contributed by atoms with E-state index in [-0.39, 0.29) is 28.8 Å². The molecule has 3 aromatic heterocycles. The van der Waals surface area contributed by atoms with Crippen molar-refractivity contribution in [1.29, 1.82) is 0 Å². The molecule has 0 bridgehead atoms. The molecule has 1 aliphatic rings. The standard InChI is InChI=1S/C28H31F2N7O/c1-5-36-10-8-18(9-11-36)27(38)19-6-7-24(31-14-19)34-28-32-15-22(30)25(35-28)20-12-21(29)26-23(13-20)37(16(2)3)17(4)33-26/h6-8,12-16,27,38H,5,9-11H2,1-4H3,(H,31,32,34,35). The van der Waals surface area contributed by atoms with E-state index in [1.54, 1.807) is 24.4 Å². The molecule has 38 heavy (non-hydrogen) atoms. The van der Waals surface area contributed by atoms with Crippen molar-refractivity contribution in [2.24, 2.45) is 0 Å². The van der Waals surface area contributed by atoms with Crippen molar-refractivity contribution >= 4 is 22.8 Å². The van der Waals surface area contributed by atoms with Gasteiger partial charge in [-0.05, 0) is 57.5 Å². The van der Waals surface area contributed by atoms with E-state index in [4.69, 9.17) is 0 Å². The van der Waals surface area contributed by atoms with Gasteiger partial charge >= 0.3 is 0 Å². The molecule has 10 heteroatoms. The maximum atomic E-state index is 14.9. The Balaban J connectivity index is 1.39. The van der Waals surface area contributed by atoms with Crippen LogP contribution in [0.4, 0.5) is 20.5 Å². The minimum absolute atomic E-state index is 0.0325. The first-order valence-corrected chi connectivity index (χ1v) is 12.8. The molecule has 0 saturated carbocycles. The summed E-state index contributed by atoms with van der Waals surface area (Å²) in [5, 5.41) is 13.8. The fourth-order valence-electron chi connectivity index (χ4n) is 4.92. The highest BCUT2D eigenvalue weighted by Gasteiger charge is 2.20. The summed E-state index contributed by atoms with van der Waals surface area (Å²) in [5.41, 5.74) is 2.75. The molecule has 5 rings (SSSR count). The number of aliphatic hydroxyl groups excluding tert-OH is 1. The highest BCUT2D eigenvalue weighted by molar-refractivity contribution is 5.83. The number of imidazole rings is 1. The van der Waals surface area contributed by atoms with Crippen LogP contribution in [0, 0.1) is 18.6 Å². The van der Waals surface area contributed by atoms with Crippen LogP contribution < -0.4 is 5.32 Å². The lowest BCUT2D eigenvalue weighted by Gasteiger charge is -2.27. The van der Waals surface area contributed by atoms with Crippen LogP contribution in [0.2, 0.25) is 0 Å². The predicted octanol–water partition coefficient (Wildman–Crippen LogP) is 5.48. The smallest absolute Gasteiger partial charge is 0.229 e. The number of aromatic nitrogens is 5. The predicted molar refractivity (Wildman–Crippen MR) is 143 cm³/mol. The topological polar surface area (TPSA) is 92.0 Å². The first-order chi connectivity index (χ1) is 18.2. The monoisotopic (exact) mass is 519 g/mol. The molecule has 1 aromatic carbocycles. The zero-order valence-electron chi connectivity index (χ0n) is 21.9. The van der Waals surface area contributed by atoms with Gasteiger partial charge in [-0.2, -0.15) is 0 Å².